The molecule has 1 aromatic heterocycles. The first-order valence-corrected chi connectivity index (χ1v) is 12.8. The van der Waals surface area contributed by atoms with E-state index in [4.69, 9.17) is 17.3 Å². The van der Waals surface area contributed by atoms with Crippen LogP contribution in [0.1, 0.15) is 62.1 Å². The quantitative estimate of drug-likeness (QED) is 0.346. The Labute approximate surface area is 213 Å². The summed E-state index contributed by atoms with van der Waals surface area (Å²) >= 11 is 8.11. The van der Waals surface area contributed by atoms with Crippen molar-refractivity contribution >= 4 is 40.1 Å². The number of carbonyl (C=O) groups is 1. The van der Waals surface area contributed by atoms with Gasteiger partial charge in [-0.3, -0.25) is 19.8 Å². The minimum atomic E-state index is -0.562. The molecule has 2 aromatic rings. The number of Topliss-reactive ketones (excluding diaryl/α,β-unsaturated/α-hetero) is 1. The van der Waals surface area contributed by atoms with Gasteiger partial charge in [0, 0.05) is 39.6 Å². The molecule has 2 aliphatic rings. The number of nitriles is 1. The van der Waals surface area contributed by atoms with E-state index >= 15 is 0 Å². The fraction of sp³-hybridized carbons (Fsp3) is 0.385. The average Bonchev–Trinajstić information content (AvgIpc) is 3.25. The first-order valence-electron chi connectivity index (χ1n) is 11.6. The van der Waals surface area contributed by atoms with Gasteiger partial charge >= 0.3 is 0 Å². The number of nitrogens with two attached hydrogens (primary N) is 1. The highest BCUT2D eigenvalue weighted by atomic mass is 35.5. The summed E-state index contributed by atoms with van der Waals surface area (Å²) in [5.41, 5.74) is 7.85. The first-order chi connectivity index (χ1) is 16.6. The lowest BCUT2D eigenvalue weighted by Crippen LogP contribution is -2.42. The van der Waals surface area contributed by atoms with Crippen molar-refractivity contribution in [3.05, 3.63) is 77.9 Å². The molecule has 7 nitrogen and oxygen atoms in total. The zero-order valence-corrected chi connectivity index (χ0v) is 21.5. The van der Waals surface area contributed by atoms with Crippen LogP contribution in [0.5, 0.6) is 0 Å². The van der Waals surface area contributed by atoms with Crippen LogP contribution in [0.15, 0.2) is 53.0 Å². The van der Waals surface area contributed by atoms with Crippen molar-refractivity contribution in [1.29, 1.82) is 5.26 Å². The van der Waals surface area contributed by atoms with E-state index in [9.17, 15) is 20.2 Å². The van der Waals surface area contributed by atoms with Crippen LogP contribution in [0, 0.1) is 26.9 Å². The standard InChI is InChI=1S/C26H27ClN4O3S/c1-4-5-6-16-8-10-22(35-16)23-17(14-28)25(29)30(19-11-15(31(33)34)7-9-18(19)27)20-12-26(2,3)13-21(32)24(20)23/h7-11,23H,4-6,12-13,29H2,1-3H3. The van der Waals surface area contributed by atoms with Crippen LogP contribution in [-0.4, -0.2) is 10.7 Å². The van der Waals surface area contributed by atoms with Gasteiger partial charge in [0.25, 0.3) is 5.69 Å². The zero-order chi connectivity index (χ0) is 25.5. The van der Waals surface area contributed by atoms with E-state index < -0.39 is 10.8 Å². The minimum absolute atomic E-state index is 0.0449. The summed E-state index contributed by atoms with van der Waals surface area (Å²) in [5, 5.41) is 21.9. The van der Waals surface area contributed by atoms with Crippen LogP contribution in [0.2, 0.25) is 5.02 Å². The molecule has 1 aliphatic carbocycles. The number of non-ortho nitro benzene ring substituents is 1. The van der Waals surface area contributed by atoms with Crippen LogP contribution in [0.25, 0.3) is 0 Å². The van der Waals surface area contributed by atoms with Gasteiger partial charge in [-0.15, -0.1) is 11.3 Å². The Bertz CT molecular complexity index is 1320. The topological polar surface area (TPSA) is 113 Å². The number of ketones is 1. The second kappa shape index (κ2) is 9.48. The summed E-state index contributed by atoms with van der Waals surface area (Å²) in [6.45, 7) is 6.15. The fourth-order valence-electron chi connectivity index (χ4n) is 4.89. The number of carbonyl (C=O) groups excluding carboxylic acids is 1. The van der Waals surface area contributed by atoms with Crippen molar-refractivity contribution < 1.29 is 9.72 Å². The van der Waals surface area contributed by atoms with Gasteiger partial charge in [0.1, 0.15) is 5.82 Å². The summed E-state index contributed by atoms with van der Waals surface area (Å²) in [5.74, 6) is -0.461. The van der Waals surface area contributed by atoms with Gasteiger partial charge in [-0.25, -0.2) is 0 Å². The number of aryl methyl sites for hydroxylation is 1. The summed E-state index contributed by atoms with van der Waals surface area (Å²) < 4.78 is 0. The molecule has 9 heteroatoms. The van der Waals surface area contributed by atoms with Crippen LogP contribution in [-0.2, 0) is 11.2 Å². The lowest BCUT2D eigenvalue weighted by molar-refractivity contribution is -0.384. The minimum Gasteiger partial charge on any atom is -0.384 e. The summed E-state index contributed by atoms with van der Waals surface area (Å²) in [6, 6.07) is 10.4. The molecule has 0 bridgehead atoms. The number of benzene rings is 1. The molecule has 0 spiro atoms. The van der Waals surface area contributed by atoms with Crippen LogP contribution in [0.4, 0.5) is 11.4 Å². The van der Waals surface area contributed by atoms with E-state index in [0.717, 1.165) is 24.1 Å². The molecule has 1 aromatic carbocycles. The van der Waals surface area contributed by atoms with Crippen LogP contribution in [0.3, 0.4) is 0 Å². The van der Waals surface area contributed by atoms with Crippen LogP contribution >= 0.6 is 22.9 Å². The van der Waals surface area contributed by atoms with Crippen molar-refractivity contribution in [2.75, 3.05) is 4.90 Å². The molecule has 4 rings (SSSR count). The van der Waals surface area contributed by atoms with E-state index in [-0.39, 0.29) is 39.0 Å². The van der Waals surface area contributed by atoms with Crippen molar-refractivity contribution in [1.82, 2.24) is 0 Å². The zero-order valence-electron chi connectivity index (χ0n) is 19.9. The van der Waals surface area contributed by atoms with Crippen molar-refractivity contribution in [2.45, 2.75) is 58.8 Å². The third-order valence-electron chi connectivity index (χ3n) is 6.51. The lowest BCUT2D eigenvalue weighted by Gasteiger charge is -2.43. The van der Waals surface area contributed by atoms with Gasteiger partial charge in [0.15, 0.2) is 5.78 Å². The number of nitro groups is 1. The Balaban J connectivity index is 1.95. The maximum atomic E-state index is 13.6. The van der Waals surface area contributed by atoms with Gasteiger partial charge in [0.05, 0.1) is 33.2 Å². The number of anilines is 1. The molecule has 1 atom stereocenters. The molecule has 1 aliphatic heterocycles. The Morgan fingerprint density at radius 1 is 1.31 bits per heavy atom. The third-order valence-corrected chi connectivity index (χ3v) is 8.04. The highest BCUT2D eigenvalue weighted by Crippen LogP contribution is 2.52. The van der Waals surface area contributed by atoms with Gasteiger partial charge in [0.2, 0.25) is 0 Å². The lowest BCUT2D eigenvalue weighted by atomic mass is 9.69. The van der Waals surface area contributed by atoms with Crippen molar-refractivity contribution in [2.24, 2.45) is 11.1 Å². The molecule has 0 saturated carbocycles. The first kappa shape index (κ1) is 25.0. The molecule has 0 radical (unpaired) electrons. The molecule has 0 amide bonds. The SMILES string of the molecule is CCCCc1ccc(C2C(C#N)=C(N)N(c3cc([N+](=O)[O-])ccc3Cl)C3=C2C(=O)CC(C)(C)C3)s1. The number of rotatable bonds is 6. The van der Waals surface area contributed by atoms with Gasteiger partial charge < -0.3 is 5.73 Å². The molecular formula is C26H27ClN4O3S. The third kappa shape index (κ3) is 4.58. The second-order valence-corrected chi connectivity index (χ2v) is 11.4. The Morgan fingerprint density at radius 2 is 2.06 bits per heavy atom. The maximum absolute atomic E-state index is 13.6. The normalized spacial score (nSPS) is 19.6. The Kier molecular flexibility index (Phi) is 6.76. The van der Waals surface area contributed by atoms with Gasteiger partial charge in [-0.2, -0.15) is 5.26 Å². The number of nitro benzene ring substituents is 1. The number of hydrogen-bond acceptors (Lipinski definition) is 7. The van der Waals surface area contributed by atoms with E-state index in [1.54, 1.807) is 16.2 Å². The predicted molar refractivity (Wildman–Crippen MR) is 138 cm³/mol. The fourth-order valence-corrected chi connectivity index (χ4v) is 6.27. The predicted octanol–water partition coefficient (Wildman–Crippen LogP) is 6.59. The number of halogens is 1. The Morgan fingerprint density at radius 3 is 2.71 bits per heavy atom. The smallest absolute Gasteiger partial charge is 0.271 e. The molecule has 2 heterocycles. The van der Waals surface area contributed by atoms with E-state index in [1.165, 1.54) is 23.1 Å². The second-order valence-electron chi connectivity index (χ2n) is 9.78. The molecule has 35 heavy (non-hydrogen) atoms. The summed E-state index contributed by atoms with van der Waals surface area (Å²) in [4.78, 5) is 28.3. The maximum Gasteiger partial charge on any atom is 0.271 e. The number of unbranched alkanes of at least 4 members (excludes halogenated alkanes) is 1. The monoisotopic (exact) mass is 510 g/mol. The molecule has 0 saturated heterocycles. The number of nitrogens with zero attached hydrogens (tertiary/aromatic N) is 3. The number of thiophene rings is 1. The van der Waals surface area contributed by atoms with Crippen LogP contribution < -0.4 is 10.6 Å². The van der Waals surface area contributed by atoms with E-state index in [0.29, 0.717) is 24.1 Å². The summed E-state index contributed by atoms with van der Waals surface area (Å²) in [7, 11) is 0. The van der Waals surface area contributed by atoms with Gasteiger partial charge in [-0.1, -0.05) is 38.8 Å². The number of hydrogen-bond donors (Lipinski definition) is 1. The van der Waals surface area contributed by atoms with Crippen molar-refractivity contribution in [3.63, 3.8) is 0 Å². The number of allylic oxidation sites excluding steroid dienone is 3. The summed E-state index contributed by atoms with van der Waals surface area (Å²) in [6.07, 6.45) is 3.93. The highest BCUT2D eigenvalue weighted by molar-refractivity contribution is 7.12. The van der Waals surface area contributed by atoms with E-state index in [1.807, 2.05) is 19.9 Å². The van der Waals surface area contributed by atoms with Gasteiger partial charge in [-0.05, 0) is 42.9 Å². The molecule has 2 N–H and O–H groups in total. The molecule has 1 unspecified atom stereocenters. The Hall–Kier alpha value is -3.15. The highest BCUT2D eigenvalue weighted by Gasteiger charge is 2.45. The van der Waals surface area contributed by atoms with Crippen molar-refractivity contribution in [3.8, 4) is 6.07 Å². The molecule has 182 valence electrons. The molecular weight excluding hydrogens is 484 g/mol. The molecule has 0 fully saturated rings. The largest absolute Gasteiger partial charge is 0.384 e. The van der Waals surface area contributed by atoms with E-state index in [2.05, 4.69) is 19.1 Å². The average molecular weight is 511 g/mol.